The number of hydrogen-bond donors (Lipinski definition) is 1. The number of ether oxygens (including phenoxy) is 1. The predicted octanol–water partition coefficient (Wildman–Crippen LogP) is 2.64. The van der Waals surface area contributed by atoms with E-state index in [9.17, 15) is 13.2 Å². The maximum Gasteiger partial charge on any atom is 0.411 e. The molecule has 16 heavy (non-hydrogen) atoms. The van der Waals surface area contributed by atoms with Gasteiger partial charge >= 0.3 is 6.18 Å². The lowest BCUT2D eigenvalue weighted by Gasteiger charge is -2.22. The van der Waals surface area contributed by atoms with Crippen molar-refractivity contribution in [1.82, 2.24) is 0 Å². The third kappa shape index (κ3) is 3.86. The van der Waals surface area contributed by atoms with Crippen LogP contribution >= 0.6 is 0 Å². The second-order valence-corrected chi connectivity index (χ2v) is 3.43. The quantitative estimate of drug-likeness (QED) is 0.856. The summed E-state index contributed by atoms with van der Waals surface area (Å²) in [4.78, 5) is 0. The summed E-state index contributed by atoms with van der Waals surface area (Å²) in [7, 11) is 0. The Labute approximate surface area is 91.4 Å². The molecule has 0 radical (unpaired) electrons. The third-order valence-electron chi connectivity index (χ3n) is 2.11. The van der Waals surface area contributed by atoms with Crippen molar-refractivity contribution in [3.05, 3.63) is 24.2 Å². The summed E-state index contributed by atoms with van der Waals surface area (Å²) in [5, 5.41) is 0. The third-order valence-corrected chi connectivity index (χ3v) is 2.11. The van der Waals surface area contributed by atoms with Gasteiger partial charge in [0.15, 0.2) is 0 Å². The van der Waals surface area contributed by atoms with Gasteiger partial charge in [-0.3, -0.25) is 0 Å². The standard InChI is InChI=1S/C10H14F3NO2/c1-2-7(14)9(8-4-3-5-15-8)16-6-10(11,12)13/h3-5,7,9H,2,6,14H2,1H3. The van der Waals surface area contributed by atoms with Crippen LogP contribution in [0.1, 0.15) is 25.2 Å². The largest absolute Gasteiger partial charge is 0.467 e. The van der Waals surface area contributed by atoms with Gasteiger partial charge in [0.1, 0.15) is 18.5 Å². The van der Waals surface area contributed by atoms with E-state index in [-0.39, 0.29) is 0 Å². The Morgan fingerprint density at radius 1 is 1.50 bits per heavy atom. The highest BCUT2D eigenvalue weighted by atomic mass is 19.4. The zero-order valence-electron chi connectivity index (χ0n) is 8.83. The molecule has 2 atom stereocenters. The van der Waals surface area contributed by atoms with Crippen molar-refractivity contribution >= 4 is 0 Å². The summed E-state index contributed by atoms with van der Waals surface area (Å²) in [6, 6.07) is 2.62. The molecule has 3 nitrogen and oxygen atoms in total. The smallest absolute Gasteiger partial charge is 0.411 e. The lowest BCUT2D eigenvalue weighted by Crippen LogP contribution is -2.32. The Morgan fingerprint density at radius 3 is 2.62 bits per heavy atom. The minimum atomic E-state index is -4.36. The lowest BCUT2D eigenvalue weighted by atomic mass is 10.1. The van der Waals surface area contributed by atoms with Crippen molar-refractivity contribution in [2.45, 2.75) is 31.7 Å². The molecule has 0 aliphatic rings. The molecule has 1 aromatic heterocycles. The fraction of sp³-hybridized carbons (Fsp3) is 0.600. The molecule has 2 unspecified atom stereocenters. The van der Waals surface area contributed by atoms with Crippen molar-refractivity contribution in [2.24, 2.45) is 5.73 Å². The maximum absolute atomic E-state index is 12.0. The van der Waals surface area contributed by atoms with Crippen molar-refractivity contribution in [1.29, 1.82) is 0 Å². The zero-order chi connectivity index (χ0) is 12.2. The molecule has 0 saturated carbocycles. The van der Waals surface area contributed by atoms with E-state index in [1.54, 1.807) is 19.1 Å². The van der Waals surface area contributed by atoms with Crippen LogP contribution in [0.2, 0.25) is 0 Å². The molecule has 0 aromatic carbocycles. The molecule has 0 bridgehead atoms. The van der Waals surface area contributed by atoms with Crippen LogP contribution in [0.25, 0.3) is 0 Å². The molecule has 6 heteroatoms. The normalized spacial score (nSPS) is 16.1. The Balaban J connectivity index is 2.66. The first kappa shape index (κ1) is 13.1. The highest BCUT2D eigenvalue weighted by Gasteiger charge is 2.32. The van der Waals surface area contributed by atoms with E-state index in [2.05, 4.69) is 0 Å². The summed E-state index contributed by atoms with van der Waals surface area (Å²) < 4.78 is 45.9. The minimum Gasteiger partial charge on any atom is -0.467 e. The number of hydrogen-bond acceptors (Lipinski definition) is 3. The fourth-order valence-corrected chi connectivity index (χ4v) is 1.27. The van der Waals surface area contributed by atoms with Crippen LogP contribution in [-0.2, 0) is 4.74 Å². The van der Waals surface area contributed by atoms with Crippen LogP contribution in [0.5, 0.6) is 0 Å². The van der Waals surface area contributed by atoms with E-state index >= 15 is 0 Å². The molecule has 2 N–H and O–H groups in total. The molecule has 1 rings (SSSR count). The van der Waals surface area contributed by atoms with E-state index in [0.717, 1.165) is 0 Å². The van der Waals surface area contributed by atoms with Gasteiger partial charge in [0.2, 0.25) is 0 Å². The summed E-state index contributed by atoms with van der Waals surface area (Å²) >= 11 is 0. The van der Waals surface area contributed by atoms with Crippen LogP contribution in [0.3, 0.4) is 0 Å². The van der Waals surface area contributed by atoms with Gasteiger partial charge in [0.25, 0.3) is 0 Å². The summed E-state index contributed by atoms with van der Waals surface area (Å²) in [5.74, 6) is 0.318. The molecule has 1 aromatic rings. The number of nitrogens with two attached hydrogens (primary N) is 1. The first-order valence-electron chi connectivity index (χ1n) is 4.91. The first-order chi connectivity index (χ1) is 7.44. The summed E-state index contributed by atoms with van der Waals surface area (Å²) in [6.45, 7) is 0.448. The molecule has 0 spiro atoms. The van der Waals surface area contributed by atoms with Gasteiger partial charge in [0.05, 0.1) is 6.26 Å². The van der Waals surface area contributed by atoms with Crippen LogP contribution in [0.4, 0.5) is 13.2 Å². The first-order valence-corrected chi connectivity index (χ1v) is 4.91. The van der Waals surface area contributed by atoms with Gasteiger partial charge in [-0.05, 0) is 18.6 Å². The number of alkyl halides is 3. The zero-order valence-corrected chi connectivity index (χ0v) is 8.83. The molecule has 1 heterocycles. The van der Waals surface area contributed by atoms with Gasteiger partial charge < -0.3 is 14.9 Å². The van der Waals surface area contributed by atoms with Gasteiger partial charge in [-0.2, -0.15) is 13.2 Å². The topological polar surface area (TPSA) is 48.4 Å². The highest BCUT2D eigenvalue weighted by molar-refractivity contribution is 5.05. The van der Waals surface area contributed by atoms with E-state index in [0.29, 0.717) is 12.2 Å². The van der Waals surface area contributed by atoms with E-state index in [1.165, 1.54) is 6.26 Å². The molecular weight excluding hydrogens is 223 g/mol. The highest BCUT2D eigenvalue weighted by Crippen LogP contribution is 2.25. The second kappa shape index (κ2) is 5.36. The van der Waals surface area contributed by atoms with Crippen molar-refractivity contribution in [3.8, 4) is 0 Å². The van der Waals surface area contributed by atoms with Crippen LogP contribution in [0.15, 0.2) is 22.8 Å². The molecule has 0 fully saturated rings. The second-order valence-electron chi connectivity index (χ2n) is 3.43. The molecule has 0 aliphatic heterocycles. The number of furan rings is 1. The van der Waals surface area contributed by atoms with Gasteiger partial charge in [-0.1, -0.05) is 6.92 Å². The van der Waals surface area contributed by atoms with Gasteiger partial charge in [0, 0.05) is 6.04 Å². The maximum atomic E-state index is 12.0. The molecule has 0 saturated heterocycles. The summed E-state index contributed by atoms with van der Waals surface area (Å²) in [5.41, 5.74) is 5.69. The average Bonchev–Trinajstić information content (AvgIpc) is 2.69. The van der Waals surface area contributed by atoms with E-state index in [4.69, 9.17) is 14.9 Å². The monoisotopic (exact) mass is 237 g/mol. The van der Waals surface area contributed by atoms with Crippen LogP contribution < -0.4 is 5.73 Å². The molecular formula is C10H14F3NO2. The fourth-order valence-electron chi connectivity index (χ4n) is 1.27. The van der Waals surface area contributed by atoms with Gasteiger partial charge in [-0.15, -0.1) is 0 Å². The Hall–Kier alpha value is -1.01. The molecule has 0 amide bonds. The number of halogens is 3. The van der Waals surface area contributed by atoms with E-state index in [1.807, 2.05) is 0 Å². The molecule has 0 aliphatic carbocycles. The Morgan fingerprint density at radius 2 is 2.19 bits per heavy atom. The Kier molecular flexibility index (Phi) is 4.37. The van der Waals surface area contributed by atoms with Crippen LogP contribution in [-0.4, -0.2) is 18.8 Å². The average molecular weight is 237 g/mol. The van der Waals surface area contributed by atoms with Crippen molar-refractivity contribution < 1.29 is 22.3 Å². The number of rotatable bonds is 5. The van der Waals surface area contributed by atoms with E-state index < -0.39 is 24.9 Å². The lowest BCUT2D eigenvalue weighted by molar-refractivity contribution is -0.190. The van der Waals surface area contributed by atoms with Gasteiger partial charge in [-0.25, -0.2) is 0 Å². The summed E-state index contributed by atoms with van der Waals surface area (Å²) in [6.07, 6.45) is -3.34. The van der Waals surface area contributed by atoms with Crippen LogP contribution in [0, 0.1) is 0 Å². The Bertz CT molecular complexity index is 298. The molecule has 92 valence electrons. The van der Waals surface area contributed by atoms with Crippen molar-refractivity contribution in [3.63, 3.8) is 0 Å². The minimum absolute atomic E-state index is 0.318. The SMILES string of the molecule is CCC(N)C(OCC(F)(F)F)c1ccco1. The van der Waals surface area contributed by atoms with Crippen molar-refractivity contribution in [2.75, 3.05) is 6.61 Å². The predicted molar refractivity (Wildman–Crippen MR) is 51.7 cm³/mol.